The van der Waals surface area contributed by atoms with Gasteiger partial charge in [-0.3, -0.25) is 0 Å². The molecule has 0 unspecified atom stereocenters. The van der Waals surface area contributed by atoms with Crippen LogP contribution in [0.25, 0.3) is 0 Å². The number of hydrogen-bond donors (Lipinski definition) is 2. The smallest absolute Gasteiger partial charge is 0.142 e. The second-order valence-corrected chi connectivity index (χ2v) is 2.61. The molecule has 0 saturated heterocycles. The molecule has 0 aliphatic heterocycles. The Morgan fingerprint density at radius 1 is 1.33 bits per heavy atom. The molecule has 66 valence electrons. The zero-order valence-electron chi connectivity index (χ0n) is 6.65. The third-order valence-corrected chi connectivity index (χ3v) is 1.71. The molecule has 0 bridgehead atoms. The van der Waals surface area contributed by atoms with Crippen molar-refractivity contribution >= 4 is 0 Å². The molecular formula is C9H12FNO. The number of nitrogens with two attached hydrogens (primary N) is 1. The van der Waals surface area contributed by atoms with Gasteiger partial charge in [-0.2, -0.15) is 0 Å². The standard InChI is InChI=1S/C9H12FNO/c10-8(6-11)9(12)7-4-2-1-3-5-7/h1-5,8-9,12H,6,11H2/t8-,9-/m0/s1. The molecule has 2 nitrogen and oxygen atoms in total. The Balaban J connectivity index is 2.71. The molecule has 12 heavy (non-hydrogen) atoms. The summed E-state index contributed by atoms with van der Waals surface area (Å²) in [5.74, 6) is 0. The van der Waals surface area contributed by atoms with Crippen molar-refractivity contribution in [1.29, 1.82) is 0 Å². The van der Waals surface area contributed by atoms with Gasteiger partial charge in [0, 0.05) is 6.54 Å². The molecule has 2 atom stereocenters. The van der Waals surface area contributed by atoms with Crippen LogP contribution in [0.15, 0.2) is 30.3 Å². The topological polar surface area (TPSA) is 46.2 Å². The minimum atomic E-state index is -1.38. The molecule has 0 aromatic heterocycles. The molecule has 1 aromatic carbocycles. The van der Waals surface area contributed by atoms with Crippen molar-refractivity contribution in [2.24, 2.45) is 5.73 Å². The number of benzene rings is 1. The predicted octanol–water partition coefficient (Wildman–Crippen LogP) is 1.02. The Bertz CT molecular complexity index is 227. The Morgan fingerprint density at radius 3 is 2.42 bits per heavy atom. The highest BCUT2D eigenvalue weighted by atomic mass is 19.1. The van der Waals surface area contributed by atoms with E-state index in [0.717, 1.165) is 0 Å². The van der Waals surface area contributed by atoms with E-state index in [1.54, 1.807) is 24.3 Å². The summed E-state index contributed by atoms with van der Waals surface area (Å²) in [4.78, 5) is 0. The van der Waals surface area contributed by atoms with Crippen LogP contribution in [0.2, 0.25) is 0 Å². The van der Waals surface area contributed by atoms with Gasteiger partial charge in [0.05, 0.1) is 0 Å². The van der Waals surface area contributed by atoms with E-state index in [1.807, 2.05) is 6.07 Å². The third-order valence-electron chi connectivity index (χ3n) is 1.71. The molecule has 0 heterocycles. The normalized spacial score (nSPS) is 15.6. The summed E-state index contributed by atoms with van der Waals surface area (Å²) >= 11 is 0. The zero-order valence-corrected chi connectivity index (χ0v) is 6.65. The molecule has 0 aliphatic carbocycles. The number of aliphatic hydroxyl groups excluding tert-OH is 1. The van der Waals surface area contributed by atoms with Crippen LogP contribution >= 0.6 is 0 Å². The summed E-state index contributed by atoms with van der Waals surface area (Å²) in [5, 5.41) is 9.33. The fourth-order valence-electron chi connectivity index (χ4n) is 0.988. The van der Waals surface area contributed by atoms with Gasteiger partial charge in [-0.1, -0.05) is 30.3 Å². The van der Waals surface area contributed by atoms with Gasteiger partial charge in [0.1, 0.15) is 12.3 Å². The first-order chi connectivity index (χ1) is 5.75. The monoisotopic (exact) mass is 169 g/mol. The van der Waals surface area contributed by atoms with Crippen molar-refractivity contribution < 1.29 is 9.50 Å². The first-order valence-electron chi connectivity index (χ1n) is 3.83. The minimum Gasteiger partial charge on any atom is -0.385 e. The molecule has 3 heteroatoms. The molecule has 0 radical (unpaired) electrons. The van der Waals surface area contributed by atoms with Crippen LogP contribution in [0, 0.1) is 0 Å². The van der Waals surface area contributed by atoms with Crippen molar-refractivity contribution in [3.8, 4) is 0 Å². The van der Waals surface area contributed by atoms with Crippen molar-refractivity contribution in [3.63, 3.8) is 0 Å². The van der Waals surface area contributed by atoms with Crippen LogP contribution in [-0.2, 0) is 0 Å². The fraction of sp³-hybridized carbons (Fsp3) is 0.333. The quantitative estimate of drug-likeness (QED) is 0.709. The number of rotatable bonds is 3. The predicted molar refractivity (Wildman–Crippen MR) is 45.4 cm³/mol. The minimum absolute atomic E-state index is 0.157. The lowest BCUT2D eigenvalue weighted by Gasteiger charge is -2.13. The zero-order chi connectivity index (χ0) is 8.97. The van der Waals surface area contributed by atoms with Gasteiger partial charge >= 0.3 is 0 Å². The van der Waals surface area contributed by atoms with Crippen LogP contribution in [0.3, 0.4) is 0 Å². The molecule has 1 aromatic rings. The van der Waals surface area contributed by atoms with Crippen molar-refractivity contribution in [3.05, 3.63) is 35.9 Å². The Morgan fingerprint density at radius 2 is 1.92 bits per heavy atom. The Hall–Kier alpha value is -0.930. The van der Waals surface area contributed by atoms with Gasteiger partial charge in [-0.15, -0.1) is 0 Å². The van der Waals surface area contributed by atoms with Gasteiger partial charge in [-0.05, 0) is 5.56 Å². The maximum Gasteiger partial charge on any atom is 0.142 e. The number of hydrogen-bond acceptors (Lipinski definition) is 2. The van der Waals surface area contributed by atoms with E-state index in [2.05, 4.69) is 0 Å². The van der Waals surface area contributed by atoms with Crippen molar-refractivity contribution in [2.45, 2.75) is 12.3 Å². The van der Waals surface area contributed by atoms with E-state index in [-0.39, 0.29) is 6.54 Å². The lowest BCUT2D eigenvalue weighted by molar-refractivity contribution is 0.0824. The van der Waals surface area contributed by atoms with Gasteiger partial charge in [-0.25, -0.2) is 4.39 Å². The van der Waals surface area contributed by atoms with E-state index < -0.39 is 12.3 Å². The SMILES string of the molecule is NC[C@H](F)[C@@H](O)c1ccccc1. The molecule has 1 rings (SSSR count). The summed E-state index contributed by atoms with van der Waals surface area (Å²) in [6, 6.07) is 8.66. The molecule has 0 fully saturated rings. The number of aliphatic hydroxyl groups is 1. The molecular weight excluding hydrogens is 157 g/mol. The van der Waals surface area contributed by atoms with E-state index in [9.17, 15) is 9.50 Å². The lowest BCUT2D eigenvalue weighted by Crippen LogP contribution is -2.22. The van der Waals surface area contributed by atoms with Crippen LogP contribution in [0.1, 0.15) is 11.7 Å². The summed E-state index contributed by atoms with van der Waals surface area (Å²) in [6.07, 6.45) is -2.48. The van der Waals surface area contributed by atoms with Crippen LogP contribution in [-0.4, -0.2) is 17.8 Å². The maximum atomic E-state index is 12.8. The Kier molecular flexibility index (Phi) is 3.19. The highest BCUT2D eigenvalue weighted by molar-refractivity contribution is 5.18. The van der Waals surface area contributed by atoms with Crippen molar-refractivity contribution in [1.82, 2.24) is 0 Å². The van der Waals surface area contributed by atoms with E-state index >= 15 is 0 Å². The van der Waals surface area contributed by atoms with Crippen LogP contribution in [0.5, 0.6) is 0 Å². The van der Waals surface area contributed by atoms with Crippen LogP contribution < -0.4 is 5.73 Å². The first kappa shape index (κ1) is 9.16. The third kappa shape index (κ3) is 2.03. The summed E-state index contributed by atoms with van der Waals surface area (Å²) in [5.41, 5.74) is 5.64. The molecule has 0 saturated carbocycles. The molecule has 0 spiro atoms. The van der Waals surface area contributed by atoms with E-state index in [4.69, 9.17) is 5.73 Å². The molecule has 0 amide bonds. The van der Waals surface area contributed by atoms with E-state index in [0.29, 0.717) is 5.56 Å². The van der Waals surface area contributed by atoms with Gasteiger partial charge in [0.15, 0.2) is 0 Å². The second-order valence-electron chi connectivity index (χ2n) is 2.61. The molecule has 0 aliphatic rings. The fourth-order valence-corrected chi connectivity index (χ4v) is 0.988. The number of alkyl halides is 1. The second kappa shape index (κ2) is 4.18. The molecule has 3 N–H and O–H groups in total. The average molecular weight is 169 g/mol. The summed E-state index contributed by atoms with van der Waals surface area (Å²) in [6.45, 7) is -0.157. The largest absolute Gasteiger partial charge is 0.385 e. The van der Waals surface area contributed by atoms with Crippen molar-refractivity contribution in [2.75, 3.05) is 6.54 Å². The van der Waals surface area contributed by atoms with Gasteiger partial charge in [0.25, 0.3) is 0 Å². The summed E-state index contributed by atoms with van der Waals surface area (Å²) in [7, 11) is 0. The van der Waals surface area contributed by atoms with E-state index in [1.165, 1.54) is 0 Å². The lowest BCUT2D eigenvalue weighted by atomic mass is 10.1. The number of halogens is 1. The average Bonchev–Trinajstić information content (AvgIpc) is 2.17. The van der Waals surface area contributed by atoms with Crippen LogP contribution in [0.4, 0.5) is 4.39 Å². The highest BCUT2D eigenvalue weighted by Crippen LogP contribution is 2.17. The Labute approximate surface area is 70.8 Å². The summed E-state index contributed by atoms with van der Waals surface area (Å²) < 4.78 is 12.8. The van der Waals surface area contributed by atoms with Gasteiger partial charge in [0.2, 0.25) is 0 Å². The maximum absolute atomic E-state index is 12.8. The highest BCUT2D eigenvalue weighted by Gasteiger charge is 2.17. The first-order valence-corrected chi connectivity index (χ1v) is 3.83. The van der Waals surface area contributed by atoms with Gasteiger partial charge < -0.3 is 10.8 Å².